The molecule has 4 aromatic rings. The Morgan fingerprint density at radius 2 is 1.65 bits per heavy atom. The van der Waals surface area contributed by atoms with Gasteiger partial charge in [0.05, 0.1) is 12.8 Å². The molecule has 1 heterocycles. The number of rotatable bonds is 10. The van der Waals surface area contributed by atoms with Crippen molar-refractivity contribution < 1.29 is 19.1 Å². The van der Waals surface area contributed by atoms with Crippen LogP contribution in [0.25, 0.3) is 16.9 Å². The van der Waals surface area contributed by atoms with Crippen LogP contribution in [0.1, 0.15) is 11.1 Å². The van der Waals surface area contributed by atoms with Crippen LogP contribution in [-0.2, 0) is 20.9 Å². The van der Waals surface area contributed by atoms with Crippen molar-refractivity contribution in [2.75, 3.05) is 32.7 Å². The van der Waals surface area contributed by atoms with Crippen molar-refractivity contribution in [2.45, 2.75) is 13.5 Å². The lowest BCUT2D eigenvalue weighted by atomic mass is 10.1. The smallest absolute Gasteiger partial charge is 0.249 e. The molecule has 0 saturated carbocycles. The maximum Gasteiger partial charge on any atom is 0.249 e. The molecule has 8 heteroatoms. The van der Waals surface area contributed by atoms with Crippen LogP contribution in [0, 0.1) is 6.92 Å². The quantitative estimate of drug-likeness (QED) is 0.349. The molecule has 8 nitrogen and oxygen atoms in total. The predicted octanol–water partition coefficient (Wildman–Crippen LogP) is 4.47. The molecule has 190 valence electrons. The van der Waals surface area contributed by atoms with Gasteiger partial charge in [-0.05, 0) is 48.9 Å². The van der Waals surface area contributed by atoms with Gasteiger partial charge in [0.1, 0.15) is 18.9 Å². The van der Waals surface area contributed by atoms with E-state index in [0.29, 0.717) is 18.2 Å². The van der Waals surface area contributed by atoms with Gasteiger partial charge in [-0.25, -0.2) is 4.98 Å². The standard InChI is InChI=1S/C29H30N4O4/c1-21-9-13-24(14-10-21)33-18-26(23-11-15-25(37-3)16-12-23)30-29(33)31-27(34)19-32(28(35)20-36-2)17-22-7-5-4-6-8-22/h4-16,18H,17,19-20H2,1-3H3,(H,30,31,34). The first-order valence-electron chi connectivity index (χ1n) is 11.9. The average molecular weight is 499 g/mol. The Balaban J connectivity index is 1.60. The summed E-state index contributed by atoms with van der Waals surface area (Å²) in [5, 5.41) is 2.90. The van der Waals surface area contributed by atoms with E-state index in [1.54, 1.807) is 7.11 Å². The third kappa shape index (κ3) is 6.62. The highest BCUT2D eigenvalue weighted by molar-refractivity contribution is 5.94. The highest BCUT2D eigenvalue weighted by Crippen LogP contribution is 2.26. The zero-order valence-corrected chi connectivity index (χ0v) is 21.2. The fourth-order valence-electron chi connectivity index (χ4n) is 3.86. The van der Waals surface area contributed by atoms with Crippen molar-refractivity contribution in [3.05, 3.63) is 96.2 Å². The molecule has 0 aliphatic rings. The summed E-state index contributed by atoms with van der Waals surface area (Å²) in [6, 6.07) is 25.0. The molecule has 0 fully saturated rings. The number of amides is 2. The SMILES string of the molecule is COCC(=O)N(CC(=O)Nc1nc(-c2ccc(OC)cc2)cn1-c1ccc(C)cc1)Cc1ccccc1. The second kappa shape index (κ2) is 12.0. The van der Waals surface area contributed by atoms with Gasteiger partial charge in [0.15, 0.2) is 0 Å². The number of nitrogens with zero attached hydrogens (tertiary/aromatic N) is 3. The number of aryl methyl sites for hydroxylation is 1. The molecular weight excluding hydrogens is 468 g/mol. The van der Waals surface area contributed by atoms with Crippen molar-refractivity contribution in [1.29, 1.82) is 0 Å². The minimum atomic E-state index is -0.361. The number of carbonyl (C=O) groups is 2. The highest BCUT2D eigenvalue weighted by atomic mass is 16.5. The summed E-state index contributed by atoms with van der Waals surface area (Å²) >= 11 is 0. The monoisotopic (exact) mass is 498 g/mol. The topological polar surface area (TPSA) is 85.7 Å². The van der Waals surface area contributed by atoms with E-state index in [9.17, 15) is 9.59 Å². The predicted molar refractivity (Wildman–Crippen MR) is 143 cm³/mol. The zero-order chi connectivity index (χ0) is 26.2. The van der Waals surface area contributed by atoms with Gasteiger partial charge in [-0.15, -0.1) is 0 Å². The van der Waals surface area contributed by atoms with Crippen molar-refractivity contribution in [2.24, 2.45) is 0 Å². The Hall–Kier alpha value is -4.43. The first-order chi connectivity index (χ1) is 18.0. The molecule has 0 radical (unpaired) electrons. The van der Waals surface area contributed by atoms with E-state index in [0.717, 1.165) is 28.1 Å². The fraction of sp³-hybridized carbons (Fsp3) is 0.207. The third-order valence-electron chi connectivity index (χ3n) is 5.83. The van der Waals surface area contributed by atoms with Crippen LogP contribution in [0.3, 0.4) is 0 Å². The molecule has 1 aromatic heterocycles. The Labute approximate surface area is 216 Å². The third-order valence-corrected chi connectivity index (χ3v) is 5.83. The molecule has 37 heavy (non-hydrogen) atoms. The van der Waals surface area contributed by atoms with Gasteiger partial charge in [0.25, 0.3) is 0 Å². The first kappa shape index (κ1) is 25.7. The van der Waals surface area contributed by atoms with Crippen LogP contribution in [0.2, 0.25) is 0 Å². The minimum Gasteiger partial charge on any atom is -0.497 e. The van der Waals surface area contributed by atoms with E-state index < -0.39 is 0 Å². The van der Waals surface area contributed by atoms with Crippen molar-refractivity contribution >= 4 is 17.8 Å². The van der Waals surface area contributed by atoms with Crippen molar-refractivity contribution in [1.82, 2.24) is 14.5 Å². The molecule has 2 amide bonds. The number of methoxy groups -OCH3 is 2. The molecule has 1 N–H and O–H groups in total. The van der Waals surface area contributed by atoms with Crippen molar-refractivity contribution in [3.63, 3.8) is 0 Å². The van der Waals surface area contributed by atoms with Gasteiger partial charge in [0.2, 0.25) is 17.8 Å². The van der Waals surface area contributed by atoms with E-state index in [1.807, 2.05) is 96.6 Å². The van der Waals surface area contributed by atoms with Crippen LogP contribution >= 0.6 is 0 Å². The summed E-state index contributed by atoms with van der Waals surface area (Å²) in [4.78, 5) is 32.0. The van der Waals surface area contributed by atoms with Crippen LogP contribution < -0.4 is 10.1 Å². The second-order valence-corrected chi connectivity index (χ2v) is 8.60. The van der Waals surface area contributed by atoms with Crippen LogP contribution in [-0.4, -0.2) is 53.6 Å². The molecule has 0 spiro atoms. The summed E-state index contributed by atoms with van der Waals surface area (Å²) in [7, 11) is 3.07. The molecule has 0 bridgehead atoms. The van der Waals surface area contributed by atoms with Crippen LogP contribution in [0.4, 0.5) is 5.95 Å². The van der Waals surface area contributed by atoms with E-state index >= 15 is 0 Å². The fourth-order valence-corrected chi connectivity index (χ4v) is 3.86. The Kier molecular flexibility index (Phi) is 8.33. The average Bonchev–Trinajstić information content (AvgIpc) is 3.33. The van der Waals surface area contributed by atoms with Crippen molar-refractivity contribution in [3.8, 4) is 22.7 Å². The van der Waals surface area contributed by atoms with Crippen LogP contribution in [0.15, 0.2) is 85.1 Å². The molecule has 4 rings (SSSR count). The summed E-state index contributed by atoms with van der Waals surface area (Å²) in [6.45, 7) is 2.05. The molecular formula is C29H30N4O4. The lowest BCUT2D eigenvalue weighted by molar-refractivity contribution is -0.138. The number of hydrogen-bond acceptors (Lipinski definition) is 5. The molecule has 0 aliphatic heterocycles. The van der Waals surface area contributed by atoms with Gasteiger partial charge >= 0.3 is 0 Å². The van der Waals surface area contributed by atoms with Gasteiger partial charge in [-0.3, -0.25) is 19.5 Å². The molecule has 0 saturated heterocycles. The number of imidazole rings is 1. The van der Waals surface area contributed by atoms with Gasteiger partial charge in [0, 0.05) is 31.1 Å². The number of anilines is 1. The highest BCUT2D eigenvalue weighted by Gasteiger charge is 2.20. The van der Waals surface area contributed by atoms with Gasteiger partial charge in [-0.1, -0.05) is 48.0 Å². The normalized spacial score (nSPS) is 10.7. The molecule has 0 unspecified atom stereocenters. The van der Waals surface area contributed by atoms with E-state index in [-0.39, 0.29) is 25.0 Å². The first-order valence-corrected chi connectivity index (χ1v) is 11.9. The summed E-state index contributed by atoms with van der Waals surface area (Å²) in [5.41, 5.74) is 4.46. The Morgan fingerprint density at radius 1 is 0.946 bits per heavy atom. The minimum absolute atomic E-state index is 0.111. The summed E-state index contributed by atoms with van der Waals surface area (Å²) in [6.07, 6.45) is 1.87. The number of ether oxygens (including phenoxy) is 2. The lowest BCUT2D eigenvalue weighted by Crippen LogP contribution is -2.39. The zero-order valence-electron chi connectivity index (χ0n) is 21.2. The summed E-state index contributed by atoms with van der Waals surface area (Å²) < 4.78 is 12.1. The van der Waals surface area contributed by atoms with Crippen LogP contribution in [0.5, 0.6) is 5.75 Å². The lowest BCUT2D eigenvalue weighted by Gasteiger charge is -2.22. The number of benzene rings is 3. The molecule has 0 aliphatic carbocycles. The Morgan fingerprint density at radius 3 is 2.30 bits per heavy atom. The number of carbonyl (C=O) groups excluding carboxylic acids is 2. The molecule has 3 aromatic carbocycles. The van der Waals surface area contributed by atoms with Gasteiger partial charge < -0.3 is 14.4 Å². The second-order valence-electron chi connectivity index (χ2n) is 8.60. The van der Waals surface area contributed by atoms with Gasteiger partial charge in [-0.2, -0.15) is 0 Å². The van der Waals surface area contributed by atoms with E-state index in [4.69, 9.17) is 14.5 Å². The van der Waals surface area contributed by atoms with E-state index in [2.05, 4.69) is 5.32 Å². The van der Waals surface area contributed by atoms with E-state index in [1.165, 1.54) is 12.0 Å². The number of aromatic nitrogens is 2. The number of nitrogens with one attached hydrogen (secondary N) is 1. The summed E-state index contributed by atoms with van der Waals surface area (Å²) in [5.74, 6) is 0.468. The Bertz CT molecular complexity index is 1330. The molecule has 0 atom stereocenters. The maximum atomic E-state index is 13.2. The largest absolute Gasteiger partial charge is 0.497 e. The maximum absolute atomic E-state index is 13.2. The number of hydrogen-bond donors (Lipinski definition) is 1.